The van der Waals surface area contributed by atoms with Crippen LogP contribution in [-0.2, 0) is 10.0 Å². The van der Waals surface area contributed by atoms with Crippen molar-refractivity contribution in [2.45, 2.75) is 18.7 Å². The van der Waals surface area contributed by atoms with Gasteiger partial charge in [0, 0.05) is 22.7 Å². The number of aryl methyl sites for hydroxylation is 2. The summed E-state index contributed by atoms with van der Waals surface area (Å²) in [5.41, 5.74) is 2.53. The SMILES string of the molecule is Cc1cc(Oc2ccc(NS(=O)(=O)c3cccc4cccnc34)cn2)cc(C)c1Cl. The van der Waals surface area contributed by atoms with Crippen LogP contribution < -0.4 is 9.46 Å². The fourth-order valence-corrected chi connectivity index (χ4v) is 4.42. The molecule has 0 saturated heterocycles. The number of hydrogen-bond acceptors (Lipinski definition) is 5. The number of pyridine rings is 2. The molecule has 0 saturated carbocycles. The largest absolute Gasteiger partial charge is 0.439 e. The van der Waals surface area contributed by atoms with E-state index in [4.69, 9.17) is 16.3 Å². The lowest BCUT2D eigenvalue weighted by atomic mass is 10.1. The van der Waals surface area contributed by atoms with E-state index in [1.165, 1.54) is 12.3 Å². The summed E-state index contributed by atoms with van der Waals surface area (Å²) in [7, 11) is -3.84. The number of hydrogen-bond donors (Lipinski definition) is 1. The molecule has 0 radical (unpaired) electrons. The number of fused-ring (bicyclic) bond motifs is 1. The van der Waals surface area contributed by atoms with Gasteiger partial charge in [-0.1, -0.05) is 29.8 Å². The number of sulfonamides is 1. The third-order valence-corrected chi connectivity index (χ3v) is 6.52. The van der Waals surface area contributed by atoms with Gasteiger partial charge in [-0.05, 0) is 55.3 Å². The Kier molecular flexibility index (Phi) is 5.32. The lowest BCUT2D eigenvalue weighted by molar-refractivity contribution is 0.462. The highest BCUT2D eigenvalue weighted by Gasteiger charge is 2.18. The summed E-state index contributed by atoms with van der Waals surface area (Å²) in [4.78, 5) is 8.51. The average Bonchev–Trinajstić information content (AvgIpc) is 2.73. The summed E-state index contributed by atoms with van der Waals surface area (Å²) in [6, 6.07) is 15.4. The molecule has 8 heteroatoms. The van der Waals surface area contributed by atoms with Crippen molar-refractivity contribution in [2.75, 3.05) is 4.72 Å². The van der Waals surface area contributed by atoms with Gasteiger partial charge in [-0.25, -0.2) is 13.4 Å². The minimum absolute atomic E-state index is 0.105. The van der Waals surface area contributed by atoms with Crippen LogP contribution in [-0.4, -0.2) is 18.4 Å². The van der Waals surface area contributed by atoms with E-state index in [0.29, 0.717) is 27.9 Å². The zero-order valence-corrected chi connectivity index (χ0v) is 17.8. The number of ether oxygens (including phenoxy) is 1. The van der Waals surface area contributed by atoms with Crippen molar-refractivity contribution in [3.63, 3.8) is 0 Å². The molecule has 0 aliphatic rings. The number of anilines is 1. The lowest BCUT2D eigenvalue weighted by Gasteiger charge is -2.11. The minimum atomic E-state index is -3.84. The second kappa shape index (κ2) is 7.93. The zero-order valence-electron chi connectivity index (χ0n) is 16.3. The Morgan fingerprint density at radius 2 is 1.70 bits per heavy atom. The molecule has 0 spiro atoms. The van der Waals surface area contributed by atoms with Crippen molar-refractivity contribution >= 4 is 38.2 Å². The second-order valence-electron chi connectivity index (χ2n) is 6.79. The Bertz CT molecular complexity index is 1310. The first-order valence-corrected chi connectivity index (χ1v) is 11.0. The Morgan fingerprint density at radius 1 is 0.967 bits per heavy atom. The number of benzene rings is 2. The fourth-order valence-electron chi connectivity index (χ4n) is 3.09. The summed E-state index contributed by atoms with van der Waals surface area (Å²) < 4.78 is 34.1. The molecule has 0 fully saturated rings. The Morgan fingerprint density at radius 3 is 2.40 bits per heavy atom. The van der Waals surface area contributed by atoms with Crippen molar-refractivity contribution in [3.8, 4) is 11.6 Å². The van der Waals surface area contributed by atoms with E-state index in [0.717, 1.165) is 16.5 Å². The number of halogens is 1. The first-order chi connectivity index (χ1) is 14.3. The van der Waals surface area contributed by atoms with E-state index in [1.54, 1.807) is 30.5 Å². The van der Waals surface area contributed by atoms with Crippen LogP contribution in [0.1, 0.15) is 11.1 Å². The quantitative estimate of drug-likeness (QED) is 0.444. The van der Waals surface area contributed by atoms with Gasteiger partial charge in [0.15, 0.2) is 0 Å². The Labute approximate surface area is 179 Å². The normalized spacial score (nSPS) is 11.4. The first kappa shape index (κ1) is 20.1. The molecule has 0 bridgehead atoms. The summed E-state index contributed by atoms with van der Waals surface area (Å²) in [6.45, 7) is 3.80. The molecule has 0 atom stereocenters. The predicted octanol–water partition coefficient (Wildman–Crippen LogP) is 5.49. The van der Waals surface area contributed by atoms with Crippen LogP contribution in [0.5, 0.6) is 11.6 Å². The maximum absolute atomic E-state index is 12.9. The van der Waals surface area contributed by atoms with Crippen molar-refractivity contribution in [2.24, 2.45) is 0 Å². The Balaban J connectivity index is 1.56. The molecule has 0 aliphatic carbocycles. The average molecular weight is 440 g/mol. The van der Waals surface area contributed by atoms with Gasteiger partial charge < -0.3 is 4.74 Å². The molecule has 0 amide bonds. The van der Waals surface area contributed by atoms with E-state index < -0.39 is 10.0 Å². The predicted molar refractivity (Wildman–Crippen MR) is 118 cm³/mol. The van der Waals surface area contributed by atoms with Crippen molar-refractivity contribution in [3.05, 3.63) is 83.1 Å². The van der Waals surface area contributed by atoms with Gasteiger partial charge in [0.05, 0.1) is 17.4 Å². The van der Waals surface area contributed by atoms with Crippen molar-refractivity contribution < 1.29 is 13.2 Å². The van der Waals surface area contributed by atoms with Gasteiger partial charge in [0.1, 0.15) is 10.6 Å². The van der Waals surface area contributed by atoms with Crippen LogP contribution in [0.4, 0.5) is 5.69 Å². The van der Waals surface area contributed by atoms with E-state index in [2.05, 4.69) is 14.7 Å². The van der Waals surface area contributed by atoms with Crippen LogP contribution in [0.3, 0.4) is 0 Å². The van der Waals surface area contributed by atoms with E-state index in [1.807, 2.05) is 38.1 Å². The van der Waals surface area contributed by atoms with E-state index in [9.17, 15) is 8.42 Å². The van der Waals surface area contributed by atoms with Gasteiger partial charge >= 0.3 is 0 Å². The number of nitrogens with one attached hydrogen (secondary N) is 1. The van der Waals surface area contributed by atoms with Crippen molar-refractivity contribution in [1.82, 2.24) is 9.97 Å². The van der Waals surface area contributed by atoms with Crippen LogP contribution in [0.2, 0.25) is 5.02 Å². The molecule has 4 aromatic rings. The second-order valence-corrected chi connectivity index (χ2v) is 8.82. The van der Waals surface area contributed by atoms with Gasteiger partial charge in [0.2, 0.25) is 5.88 Å². The molecule has 152 valence electrons. The summed E-state index contributed by atoms with van der Waals surface area (Å²) in [5.74, 6) is 0.947. The minimum Gasteiger partial charge on any atom is -0.439 e. The van der Waals surface area contributed by atoms with E-state index >= 15 is 0 Å². The van der Waals surface area contributed by atoms with Gasteiger partial charge in [0.25, 0.3) is 10.0 Å². The fraction of sp³-hybridized carbons (Fsp3) is 0.0909. The smallest absolute Gasteiger partial charge is 0.264 e. The standard InChI is InChI=1S/C22H18ClN3O3S/c1-14-11-18(12-15(2)21(14)23)29-20-9-8-17(13-25-20)26-30(27,28)19-7-3-5-16-6-4-10-24-22(16)19/h3-13,26H,1-2H3. The zero-order chi connectivity index (χ0) is 21.3. The summed E-state index contributed by atoms with van der Waals surface area (Å²) in [5, 5.41) is 1.44. The monoisotopic (exact) mass is 439 g/mol. The number of aromatic nitrogens is 2. The summed E-state index contributed by atoms with van der Waals surface area (Å²) >= 11 is 6.18. The topological polar surface area (TPSA) is 81.2 Å². The van der Waals surface area contributed by atoms with E-state index in [-0.39, 0.29) is 4.90 Å². The van der Waals surface area contributed by atoms with Crippen LogP contribution in [0.15, 0.2) is 71.9 Å². The van der Waals surface area contributed by atoms with Gasteiger partial charge in [-0.3, -0.25) is 9.71 Å². The molecule has 4 rings (SSSR count). The van der Waals surface area contributed by atoms with Gasteiger partial charge in [-0.2, -0.15) is 0 Å². The van der Waals surface area contributed by atoms with Crippen LogP contribution in [0, 0.1) is 13.8 Å². The highest BCUT2D eigenvalue weighted by molar-refractivity contribution is 7.93. The molecule has 0 unspecified atom stereocenters. The van der Waals surface area contributed by atoms with Crippen LogP contribution >= 0.6 is 11.6 Å². The molecule has 6 nitrogen and oxygen atoms in total. The van der Waals surface area contributed by atoms with Gasteiger partial charge in [-0.15, -0.1) is 0 Å². The maximum atomic E-state index is 12.9. The molecule has 1 N–H and O–H groups in total. The first-order valence-electron chi connectivity index (χ1n) is 9.11. The number of rotatable bonds is 5. The highest BCUT2D eigenvalue weighted by Crippen LogP contribution is 2.29. The maximum Gasteiger partial charge on any atom is 0.264 e. The molecule has 30 heavy (non-hydrogen) atoms. The third-order valence-electron chi connectivity index (χ3n) is 4.51. The van der Waals surface area contributed by atoms with Crippen LogP contribution in [0.25, 0.3) is 10.9 Å². The third kappa shape index (κ3) is 4.08. The molecule has 2 aromatic carbocycles. The number of para-hydroxylation sites is 1. The molecular weight excluding hydrogens is 422 g/mol. The number of nitrogens with zero attached hydrogens (tertiary/aromatic N) is 2. The molecule has 2 aromatic heterocycles. The lowest BCUT2D eigenvalue weighted by Crippen LogP contribution is -2.14. The molecule has 0 aliphatic heterocycles. The molecule has 2 heterocycles. The Hall–Kier alpha value is -3.16. The summed E-state index contributed by atoms with van der Waals surface area (Å²) in [6.07, 6.45) is 2.97. The highest BCUT2D eigenvalue weighted by atomic mass is 35.5. The molecular formula is C22H18ClN3O3S. The van der Waals surface area contributed by atoms with Crippen molar-refractivity contribution in [1.29, 1.82) is 0 Å².